The van der Waals surface area contributed by atoms with Crippen LogP contribution in [-0.2, 0) is 13.2 Å². The molecule has 1 aromatic carbocycles. The van der Waals surface area contributed by atoms with Crippen molar-refractivity contribution in [2.75, 3.05) is 6.54 Å². The molecule has 0 aliphatic carbocycles. The van der Waals surface area contributed by atoms with Gasteiger partial charge in [0.25, 0.3) is 0 Å². The number of nitrogens with zero attached hydrogens (tertiary/aromatic N) is 4. The Balaban J connectivity index is 1.78. The van der Waals surface area contributed by atoms with E-state index >= 15 is 0 Å². The van der Waals surface area contributed by atoms with Crippen LogP contribution in [0.5, 0.6) is 5.75 Å². The number of benzene rings is 1. The van der Waals surface area contributed by atoms with Gasteiger partial charge in [0.2, 0.25) is 0 Å². The van der Waals surface area contributed by atoms with Gasteiger partial charge >= 0.3 is 0 Å². The number of hydrogen-bond acceptors (Lipinski definition) is 5. The van der Waals surface area contributed by atoms with E-state index in [1.807, 2.05) is 31.2 Å². The van der Waals surface area contributed by atoms with Crippen LogP contribution in [0.4, 0.5) is 0 Å². The molecule has 0 fully saturated rings. The average Bonchev–Trinajstić information content (AvgIpc) is 2.90. The van der Waals surface area contributed by atoms with E-state index in [1.54, 1.807) is 19.3 Å². The van der Waals surface area contributed by atoms with Crippen molar-refractivity contribution in [3.05, 3.63) is 53.1 Å². The Bertz CT molecular complexity index is 899. The number of aromatic hydroxyl groups is 1. The standard InChI is InChI=1S/C18H20N4O2/c1-12-18(24)15(14(11-23)9-20-12)10-19-7-8-22-13(2)21-16-5-3-4-6-17(16)22/h3-6,9-10,23-24H,7-8,11H2,1-2H3. The maximum atomic E-state index is 10.1. The van der Waals surface area contributed by atoms with Crippen LogP contribution in [0.2, 0.25) is 0 Å². The summed E-state index contributed by atoms with van der Waals surface area (Å²) in [6.07, 6.45) is 3.16. The number of aliphatic hydroxyl groups is 1. The number of aromatic nitrogens is 3. The minimum absolute atomic E-state index is 0.0644. The SMILES string of the molecule is Cc1ncc(CO)c(C=NCCn2c(C)nc3ccccc32)c1O. The topological polar surface area (TPSA) is 83.5 Å². The van der Waals surface area contributed by atoms with Gasteiger partial charge in [-0.25, -0.2) is 4.98 Å². The van der Waals surface area contributed by atoms with Crippen LogP contribution in [0.15, 0.2) is 35.5 Å². The molecule has 24 heavy (non-hydrogen) atoms. The summed E-state index contributed by atoms with van der Waals surface area (Å²) in [7, 11) is 0. The van der Waals surface area contributed by atoms with E-state index in [0.29, 0.717) is 29.9 Å². The molecule has 0 unspecified atom stereocenters. The van der Waals surface area contributed by atoms with E-state index in [0.717, 1.165) is 16.9 Å². The summed E-state index contributed by atoms with van der Waals surface area (Å²) in [6, 6.07) is 8.01. The molecule has 3 aromatic rings. The van der Waals surface area contributed by atoms with Crippen LogP contribution in [-0.4, -0.2) is 37.5 Å². The lowest BCUT2D eigenvalue weighted by Crippen LogP contribution is -2.04. The number of aryl methyl sites for hydroxylation is 2. The Hall–Kier alpha value is -2.73. The van der Waals surface area contributed by atoms with Crippen molar-refractivity contribution in [1.29, 1.82) is 0 Å². The fraction of sp³-hybridized carbons (Fsp3) is 0.278. The van der Waals surface area contributed by atoms with Crippen molar-refractivity contribution in [1.82, 2.24) is 14.5 Å². The van der Waals surface area contributed by atoms with Gasteiger partial charge in [-0.15, -0.1) is 0 Å². The maximum absolute atomic E-state index is 10.1. The number of rotatable bonds is 5. The minimum Gasteiger partial charge on any atom is -0.505 e. The van der Waals surface area contributed by atoms with Gasteiger partial charge in [0, 0.05) is 30.1 Å². The molecule has 3 rings (SSSR count). The number of fused-ring (bicyclic) bond motifs is 1. The van der Waals surface area contributed by atoms with Gasteiger partial charge in [-0.2, -0.15) is 0 Å². The van der Waals surface area contributed by atoms with Gasteiger partial charge < -0.3 is 14.8 Å². The van der Waals surface area contributed by atoms with E-state index in [1.165, 1.54) is 0 Å². The number of hydrogen-bond donors (Lipinski definition) is 2. The van der Waals surface area contributed by atoms with Crippen molar-refractivity contribution >= 4 is 17.2 Å². The predicted octanol–water partition coefficient (Wildman–Crippen LogP) is 2.37. The van der Waals surface area contributed by atoms with Gasteiger partial charge in [-0.05, 0) is 26.0 Å². The second-order valence-corrected chi connectivity index (χ2v) is 5.62. The van der Waals surface area contributed by atoms with Crippen molar-refractivity contribution < 1.29 is 10.2 Å². The molecule has 0 atom stereocenters. The highest BCUT2D eigenvalue weighted by Gasteiger charge is 2.09. The minimum atomic E-state index is -0.187. The highest BCUT2D eigenvalue weighted by atomic mass is 16.3. The van der Waals surface area contributed by atoms with E-state index in [2.05, 4.69) is 19.5 Å². The first kappa shape index (κ1) is 16.1. The lowest BCUT2D eigenvalue weighted by Gasteiger charge is -2.07. The van der Waals surface area contributed by atoms with Crippen molar-refractivity contribution in [3.8, 4) is 5.75 Å². The summed E-state index contributed by atoms with van der Waals surface area (Å²) in [4.78, 5) is 13.0. The fourth-order valence-electron chi connectivity index (χ4n) is 2.71. The Labute approximate surface area is 140 Å². The van der Waals surface area contributed by atoms with Crippen molar-refractivity contribution in [2.24, 2.45) is 4.99 Å². The second-order valence-electron chi connectivity index (χ2n) is 5.62. The van der Waals surface area contributed by atoms with Gasteiger partial charge in [0.15, 0.2) is 0 Å². The highest BCUT2D eigenvalue weighted by molar-refractivity contribution is 5.85. The largest absolute Gasteiger partial charge is 0.505 e. The molecular formula is C18H20N4O2. The molecule has 0 aliphatic rings. The third-order valence-electron chi connectivity index (χ3n) is 4.05. The molecular weight excluding hydrogens is 304 g/mol. The summed E-state index contributed by atoms with van der Waals surface area (Å²) in [5, 5.41) is 19.5. The Morgan fingerprint density at radius 3 is 2.83 bits per heavy atom. The van der Waals surface area contributed by atoms with E-state index in [4.69, 9.17) is 0 Å². The van der Waals surface area contributed by atoms with Crippen LogP contribution in [0.1, 0.15) is 22.6 Å². The highest BCUT2D eigenvalue weighted by Crippen LogP contribution is 2.22. The normalized spacial score (nSPS) is 11.6. The lowest BCUT2D eigenvalue weighted by molar-refractivity contribution is 0.280. The van der Waals surface area contributed by atoms with Crippen LogP contribution < -0.4 is 0 Å². The zero-order valence-electron chi connectivity index (χ0n) is 13.8. The third kappa shape index (κ3) is 3.00. The summed E-state index contributed by atoms with van der Waals surface area (Å²) in [6.45, 7) is 4.75. The number of aliphatic hydroxyl groups excluding tert-OH is 1. The summed E-state index contributed by atoms with van der Waals surface area (Å²) in [5.74, 6) is 1.01. The average molecular weight is 324 g/mol. The summed E-state index contributed by atoms with van der Waals surface area (Å²) < 4.78 is 2.12. The number of pyridine rings is 1. The van der Waals surface area contributed by atoms with Crippen LogP contribution >= 0.6 is 0 Å². The molecule has 0 spiro atoms. The van der Waals surface area contributed by atoms with Gasteiger partial charge in [0.1, 0.15) is 11.6 Å². The Morgan fingerprint density at radius 1 is 1.25 bits per heavy atom. The Kier molecular flexibility index (Phi) is 4.57. The van der Waals surface area contributed by atoms with E-state index < -0.39 is 0 Å². The smallest absolute Gasteiger partial charge is 0.145 e. The zero-order valence-corrected chi connectivity index (χ0v) is 13.8. The van der Waals surface area contributed by atoms with Crippen LogP contribution in [0, 0.1) is 13.8 Å². The molecule has 6 heteroatoms. The predicted molar refractivity (Wildman–Crippen MR) is 93.5 cm³/mol. The zero-order chi connectivity index (χ0) is 17.1. The molecule has 0 saturated carbocycles. The quantitative estimate of drug-likeness (QED) is 0.706. The van der Waals surface area contributed by atoms with Crippen LogP contribution in [0.3, 0.4) is 0 Å². The van der Waals surface area contributed by atoms with Crippen LogP contribution in [0.25, 0.3) is 11.0 Å². The van der Waals surface area contributed by atoms with Gasteiger partial charge in [-0.3, -0.25) is 9.98 Å². The first-order valence-electron chi connectivity index (χ1n) is 7.81. The maximum Gasteiger partial charge on any atom is 0.145 e. The molecule has 6 nitrogen and oxygen atoms in total. The van der Waals surface area contributed by atoms with Gasteiger partial charge in [0.05, 0.1) is 29.9 Å². The lowest BCUT2D eigenvalue weighted by atomic mass is 10.1. The number of para-hydroxylation sites is 2. The molecule has 2 aromatic heterocycles. The second kappa shape index (κ2) is 6.80. The first-order valence-corrected chi connectivity index (χ1v) is 7.81. The van der Waals surface area contributed by atoms with Gasteiger partial charge in [-0.1, -0.05) is 12.1 Å². The van der Waals surface area contributed by atoms with E-state index in [-0.39, 0.29) is 12.4 Å². The first-order chi connectivity index (χ1) is 11.6. The number of aliphatic imine (C=N–C) groups is 1. The molecule has 0 radical (unpaired) electrons. The Morgan fingerprint density at radius 2 is 2.04 bits per heavy atom. The summed E-state index contributed by atoms with van der Waals surface area (Å²) >= 11 is 0. The molecule has 0 bridgehead atoms. The molecule has 124 valence electrons. The monoisotopic (exact) mass is 324 g/mol. The molecule has 0 saturated heterocycles. The van der Waals surface area contributed by atoms with Crippen molar-refractivity contribution in [3.63, 3.8) is 0 Å². The summed E-state index contributed by atoms with van der Waals surface area (Å²) in [5.41, 5.74) is 3.67. The van der Waals surface area contributed by atoms with E-state index in [9.17, 15) is 10.2 Å². The third-order valence-corrected chi connectivity index (χ3v) is 4.05. The fourth-order valence-corrected chi connectivity index (χ4v) is 2.71. The number of imidazole rings is 1. The molecule has 2 heterocycles. The molecule has 2 N–H and O–H groups in total. The van der Waals surface area contributed by atoms with Crippen molar-refractivity contribution in [2.45, 2.75) is 27.0 Å². The molecule has 0 amide bonds. The molecule has 0 aliphatic heterocycles.